The standard InChI is InChI=1S/C24H20FNO6/c1-30-16-9-10-18(19(12-16)31-2)22(27)20-21(14-5-7-15(25)8-6-14)26(24(29)23(20)28)13-17-4-3-11-32-17/h3-12,21,27H,13H2,1-2H3/b22-20-. The molecule has 0 spiro atoms. The molecule has 1 amide bonds. The second-order valence-electron chi connectivity index (χ2n) is 7.12. The van der Waals surface area contributed by atoms with Crippen LogP contribution in [0.15, 0.2) is 70.9 Å². The number of aliphatic hydroxyl groups is 1. The average Bonchev–Trinajstić information content (AvgIpc) is 3.41. The van der Waals surface area contributed by atoms with Crippen molar-refractivity contribution in [1.82, 2.24) is 4.90 Å². The SMILES string of the molecule is COc1ccc(/C(O)=C2/C(=O)C(=O)N(Cc3ccco3)C2c2ccc(F)cc2)c(OC)c1. The van der Waals surface area contributed by atoms with Crippen molar-refractivity contribution in [3.63, 3.8) is 0 Å². The number of nitrogens with zero attached hydrogens (tertiary/aromatic N) is 1. The largest absolute Gasteiger partial charge is 0.507 e. The Kier molecular flexibility index (Phi) is 5.68. The van der Waals surface area contributed by atoms with Crippen LogP contribution in [0.5, 0.6) is 11.5 Å². The molecule has 0 radical (unpaired) electrons. The van der Waals surface area contributed by atoms with Crippen LogP contribution in [0, 0.1) is 5.82 Å². The van der Waals surface area contributed by atoms with Gasteiger partial charge in [-0.2, -0.15) is 0 Å². The van der Waals surface area contributed by atoms with Crippen molar-refractivity contribution < 1.29 is 33.0 Å². The van der Waals surface area contributed by atoms with E-state index in [1.807, 2.05) is 0 Å². The lowest BCUT2D eigenvalue weighted by atomic mass is 9.95. The number of hydrogen-bond donors (Lipinski definition) is 1. The summed E-state index contributed by atoms with van der Waals surface area (Å²) < 4.78 is 29.4. The first-order valence-electron chi connectivity index (χ1n) is 9.73. The molecule has 164 valence electrons. The van der Waals surface area contributed by atoms with Gasteiger partial charge in [0.15, 0.2) is 0 Å². The number of Topliss-reactive ketones (excluding diaryl/α,β-unsaturated/α-hetero) is 1. The summed E-state index contributed by atoms with van der Waals surface area (Å²) >= 11 is 0. The maximum absolute atomic E-state index is 13.6. The van der Waals surface area contributed by atoms with Crippen LogP contribution in [0.4, 0.5) is 4.39 Å². The van der Waals surface area contributed by atoms with E-state index in [9.17, 15) is 19.1 Å². The second-order valence-corrected chi connectivity index (χ2v) is 7.12. The van der Waals surface area contributed by atoms with Gasteiger partial charge in [0, 0.05) is 6.07 Å². The molecular weight excluding hydrogens is 417 g/mol. The molecule has 1 aliphatic heterocycles. The molecule has 0 bridgehead atoms. The summed E-state index contributed by atoms with van der Waals surface area (Å²) in [6, 6.07) is 12.5. The van der Waals surface area contributed by atoms with E-state index in [4.69, 9.17) is 13.9 Å². The molecule has 3 aromatic rings. The van der Waals surface area contributed by atoms with Gasteiger partial charge in [0.1, 0.15) is 28.8 Å². The first-order valence-corrected chi connectivity index (χ1v) is 9.73. The normalized spacial score (nSPS) is 17.6. The van der Waals surface area contributed by atoms with E-state index in [0.717, 1.165) is 0 Å². The monoisotopic (exact) mass is 437 g/mol. The van der Waals surface area contributed by atoms with Crippen molar-refractivity contribution in [3.8, 4) is 11.5 Å². The quantitative estimate of drug-likeness (QED) is 0.355. The molecule has 1 fully saturated rings. The molecular formula is C24H20FNO6. The van der Waals surface area contributed by atoms with Gasteiger partial charge in [-0.1, -0.05) is 12.1 Å². The number of hydrogen-bond acceptors (Lipinski definition) is 6. The fourth-order valence-electron chi connectivity index (χ4n) is 3.74. The van der Waals surface area contributed by atoms with E-state index in [1.54, 1.807) is 24.3 Å². The number of rotatable bonds is 6. The van der Waals surface area contributed by atoms with Crippen LogP contribution in [0.25, 0.3) is 5.76 Å². The number of furan rings is 1. The smallest absolute Gasteiger partial charge is 0.296 e. The minimum Gasteiger partial charge on any atom is -0.507 e. The molecule has 1 saturated heterocycles. The lowest BCUT2D eigenvalue weighted by Crippen LogP contribution is -2.29. The molecule has 7 nitrogen and oxygen atoms in total. The van der Waals surface area contributed by atoms with E-state index in [2.05, 4.69) is 0 Å². The zero-order valence-electron chi connectivity index (χ0n) is 17.4. The van der Waals surface area contributed by atoms with Crippen LogP contribution >= 0.6 is 0 Å². The summed E-state index contributed by atoms with van der Waals surface area (Å²) in [6.45, 7) is -0.00383. The zero-order chi connectivity index (χ0) is 22.8. The minimum absolute atomic E-state index is 0.00383. The summed E-state index contributed by atoms with van der Waals surface area (Å²) in [4.78, 5) is 27.3. The number of likely N-dealkylation sites (tertiary alicyclic amines) is 1. The number of ketones is 1. The summed E-state index contributed by atoms with van der Waals surface area (Å²) in [7, 11) is 2.90. The molecule has 8 heteroatoms. The van der Waals surface area contributed by atoms with Gasteiger partial charge in [-0.05, 0) is 42.0 Å². The van der Waals surface area contributed by atoms with Gasteiger partial charge < -0.3 is 23.9 Å². The first-order chi connectivity index (χ1) is 15.4. The Labute approximate surface area is 183 Å². The third-order valence-corrected chi connectivity index (χ3v) is 5.30. The van der Waals surface area contributed by atoms with Crippen LogP contribution in [0.2, 0.25) is 0 Å². The van der Waals surface area contributed by atoms with Gasteiger partial charge in [-0.25, -0.2) is 4.39 Å². The third-order valence-electron chi connectivity index (χ3n) is 5.30. The molecule has 32 heavy (non-hydrogen) atoms. The summed E-state index contributed by atoms with van der Waals surface area (Å²) in [6.07, 6.45) is 1.46. The molecule has 2 heterocycles. The number of benzene rings is 2. The van der Waals surface area contributed by atoms with Crippen molar-refractivity contribution in [1.29, 1.82) is 0 Å². The lowest BCUT2D eigenvalue weighted by molar-refractivity contribution is -0.140. The van der Waals surface area contributed by atoms with Gasteiger partial charge in [-0.15, -0.1) is 0 Å². The van der Waals surface area contributed by atoms with Crippen molar-refractivity contribution in [2.75, 3.05) is 14.2 Å². The van der Waals surface area contributed by atoms with Crippen LogP contribution < -0.4 is 9.47 Å². The Balaban J connectivity index is 1.89. The fraction of sp³-hybridized carbons (Fsp3) is 0.167. The molecule has 1 N–H and O–H groups in total. The lowest BCUT2D eigenvalue weighted by Gasteiger charge is -2.24. The Morgan fingerprint density at radius 2 is 1.84 bits per heavy atom. The van der Waals surface area contributed by atoms with Crippen molar-refractivity contribution in [2.45, 2.75) is 12.6 Å². The van der Waals surface area contributed by atoms with Crippen molar-refractivity contribution in [3.05, 3.63) is 89.1 Å². The van der Waals surface area contributed by atoms with Gasteiger partial charge in [0.25, 0.3) is 11.7 Å². The van der Waals surface area contributed by atoms with E-state index in [-0.39, 0.29) is 23.4 Å². The number of ether oxygens (including phenoxy) is 2. The summed E-state index contributed by atoms with van der Waals surface area (Å²) in [5.41, 5.74) is 0.555. The Morgan fingerprint density at radius 1 is 1.09 bits per heavy atom. The summed E-state index contributed by atoms with van der Waals surface area (Å²) in [5, 5.41) is 11.2. The topological polar surface area (TPSA) is 89.2 Å². The van der Waals surface area contributed by atoms with Gasteiger partial charge >= 0.3 is 0 Å². The van der Waals surface area contributed by atoms with Gasteiger partial charge in [0.05, 0.1) is 44.2 Å². The third kappa shape index (κ3) is 3.71. The molecule has 1 unspecified atom stereocenters. The highest BCUT2D eigenvalue weighted by molar-refractivity contribution is 6.46. The van der Waals surface area contributed by atoms with Crippen LogP contribution in [-0.4, -0.2) is 35.9 Å². The second kappa shape index (κ2) is 8.58. The zero-order valence-corrected chi connectivity index (χ0v) is 17.4. The fourth-order valence-corrected chi connectivity index (χ4v) is 3.74. The number of aliphatic hydroxyl groups excluding tert-OH is 1. The van der Waals surface area contributed by atoms with E-state index in [1.165, 1.54) is 55.7 Å². The van der Waals surface area contributed by atoms with E-state index >= 15 is 0 Å². The summed E-state index contributed by atoms with van der Waals surface area (Å²) in [5.74, 6) is -1.32. The molecule has 0 saturated carbocycles. The van der Waals surface area contributed by atoms with Crippen LogP contribution in [-0.2, 0) is 16.1 Å². The predicted molar refractivity (Wildman–Crippen MR) is 113 cm³/mol. The number of carbonyl (C=O) groups is 2. The van der Waals surface area contributed by atoms with Gasteiger partial charge in [-0.3, -0.25) is 9.59 Å². The Hall–Kier alpha value is -4.07. The van der Waals surface area contributed by atoms with E-state index in [0.29, 0.717) is 17.1 Å². The van der Waals surface area contributed by atoms with E-state index < -0.39 is 29.3 Å². The Morgan fingerprint density at radius 3 is 2.47 bits per heavy atom. The Bertz CT molecular complexity index is 1180. The highest BCUT2D eigenvalue weighted by Gasteiger charge is 2.46. The molecule has 1 atom stereocenters. The molecule has 4 rings (SSSR count). The van der Waals surface area contributed by atoms with Crippen LogP contribution in [0.1, 0.15) is 22.9 Å². The molecule has 2 aromatic carbocycles. The average molecular weight is 437 g/mol. The van der Waals surface area contributed by atoms with Crippen molar-refractivity contribution in [2.24, 2.45) is 0 Å². The molecule has 1 aromatic heterocycles. The highest BCUT2D eigenvalue weighted by Crippen LogP contribution is 2.42. The maximum atomic E-state index is 13.6. The first kappa shape index (κ1) is 21.2. The predicted octanol–water partition coefficient (Wildman–Crippen LogP) is 4.06. The molecule has 1 aliphatic rings. The van der Waals surface area contributed by atoms with Crippen LogP contribution in [0.3, 0.4) is 0 Å². The minimum atomic E-state index is -0.951. The number of carbonyl (C=O) groups excluding carboxylic acids is 2. The highest BCUT2D eigenvalue weighted by atomic mass is 19.1. The van der Waals surface area contributed by atoms with Gasteiger partial charge in [0.2, 0.25) is 0 Å². The number of amides is 1. The number of methoxy groups -OCH3 is 2. The number of halogens is 1. The maximum Gasteiger partial charge on any atom is 0.296 e. The van der Waals surface area contributed by atoms with Crippen molar-refractivity contribution >= 4 is 17.4 Å². The molecule has 0 aliphatic carbocycles.